The summed E-state index contributed by atoms with van der Waals surface area (Å²) in [5.41, 5.74) is -1.09. The predicted octanol–water partition coefficient (Wildman–Crippen LogP) is 4.01. The van der Waals surface area contributed by atoms with Crippen LogP contribution in [-0.4, -0.2) is 44.8 Å². The maximum Gasteiger partial charge on any atom is 0.417 e. The Morgan fingerprint density at radius 1 is 1.16 bits per heavy atom. The maximum atomic E-state index is 13.5. The van der Waals surface area contributed by atoms with Crippen LogP contribution in [0.2, 0.25) is 5.02 Å². The molecular formula is C20H14ClF3N4O3. The molecule has 0 radical (unpaired) electrons. The summed E-state index contributed by atoms with van der Waals surface area (Å²) >= 11 is 5.98. The van der Waals surface area contributed by atoms with Crippen molar-refractivity contribution in [1.29, 1.82) is 0 Å². The fourth-order valence-corrected chi connectivity index (χ4v) is 3.70. The molecule has 0 atom stereocenters. The van der Waals surface area contributed by atoms with E-state index in [0.29, 0.717) is 12.1 Å². The number of alkyl halides is 3. The average Bonchev–Trinajstić information content (AvgIpc) is 3.12. The summed E-state index contributed by atoms with van der Waals surface area (Å²) in [4.78, 5) is 30.2. The highest BCUT2D eigenvalue weighted by Gasteiger charge is 2.37. The third-order valence-corrected chi connectivity index (χ3v) is 5.24. The fourth-order valence-electron chi connectivity index (χ4n) is 3.44. The molecule has 0 saturated carbocycles. The van der Waals surface area contributed by atoms with Gasteiger partial charge in [-0.2, -0.15) is 17.9 Å². The van der Waals surface area contributed by atoms with Gasteiger partial charge in [0.05, 0.1) is 21.7 Å². The van der Waals surface area contributed by atoms with Crippen molar-refractivity contribution in [2.75, 3.05) is 18.0 Å². The standard InChI is InChI=1S/C20H14ClF3N4O3/c21-13-4-1-3-12(20(22,23)24)15(13)18(29)28-14-5-2-8-25-16(14)17(26-28)27-9-6-11(7-10-27)19(30)31/h1-6,8H,7,9-10H2,(H,30,31). The second-order valence-corrected chi connectivity index (χ2v) is 7.21. The summed E-state index contributed by atoms with van der Waals surface area (Å²) in [6, 6.07) is 6.16. The van der Waals surface area contributed by atoms with E-state index in [1.54, 1.807) is 4.90 Å². The maximum absolute atomic E-state index is 13.5. The molecule has 160 valence electrons. The highest BCUT2D eigenvalue weighted by molar-refractivity contribution is 6.34. The molecule has 0 spiro atoms. The van der Waals surface area contributed by atoms with Crippen LogP contribution in [0.4, 0.5) is 19.0 Å². The van der Waals surface area contributed by atoms with Crippen molar-refractivity contribution in [2.24, 2.45) is 0 Å². The molecule has 0 aliphatic carbocycles. The summed E-state index contributed by atoms with van der Waals surface area (Å²) in [6.07, 6.45) is -1.54. The SMILES string of the molecule is O=C(O)C1=CCN(c2nn(C(=O)c3c(Cl)cccc3C(F)(F)F)c3cccnc23)CC1. The van der Waals surface area contributed by atoms with Gasteiger partial charge in [0.1, 0.15) is 5.52 Å². The number of fused-ring (bicyclic) bond motifs is 1. The van der Waals surface area contributed by atoms with E-state index in [-0.39, 0.29) is 34.9 Å². The summed E-state index contributed by atoms with van der Waals surface area (Å²) in [7, 11) is 0. The molecule has 0 fully saturated rings. The van der Waals surface area contributed by atoms with Crippen LogP contribution >= 0.6 is 11.6 Å². The molecule has 0 unspecified atom stereocenters. The first kappa shape index (κ1) is 20.9. The molecule has 4 rings (SSSR count). The van der Waals surface area contributed by atoms with Gasteiger partial charge in [0.15, 0.2) is 5.82 Å². The number of halogens is 4. The highest BCUT2D eigenvalue weighted by Crippen LogP contribution is 2.36. The van der Waals surface area contributed by atoms with Crippen molar-refractivity contribution in [3.05, 3.63) is 64.3 Å². The van der Waals surface area contributed by atoms with Crippen LogP contribution in [0, 0.1) is 0 Å². The van der Waals surface area contributed by atoms with Gasteiger partial charge in [-0.15, -0.1) is 5.10 Å². The number of carbonyl (C=O) groups excluding carboxylic acids is 1. The third kappa shape index (κ3) is 3.74. The Hall–Kier alpha value is -3.40. The Morgan fingerprint density at radius 2 is 1.94 bits per heavy atom. The van der Waals surface area contributed by atoms with Crippen LogP contribution in [0.25, 0.3) is 11.0 Å². The Morgan fingerprint density at radius 3 is 2.58 bits per heavy atom. The Balaban J connectivity index is 1.83. The minimum absolute atomic E-state index is 0.207. The van der Waals surface area contributed by atoms with Gasteiger partial charge in [0, 0.05) is 24.9 Å². The van der Waals surface area contributed by atoms with E-state index in [0.717, 1.165) is 16.8 Å². The molecule has 3 aromatic rings. The smallest absolute Gasteiger partial charge is 0.417 e. The number of aliphatic carboxylic acids is 1. The number of nitrogens with zero attached hydrogens (tertiary/aromatic N) is 4. The number of carboxylic acids is 1. The molecule has 0 bridgehead atoms. The van der Waals surface area contributed by atoms with Gasteiger partial charge >= 0.3 is 12.1 Å². The number of aromatic nitrogens is 3. The van der Waals surface area contributed by atoms with Crippen molar-refractivity contribution in [2.45, 2.75) is 12.6 Å². The van der Waals surface area contributed by atoms with E-state index >= 15 is 0 Å². The van der Waals surface area contributed by atoms with Crippen LogP contribution in [0.3, 0.4) is 0 Å². The molecule has 1 aromatic carbocycles. The van der Waals surface area contributed by atoms with E-state index in [2.05, 4.69) is 10.1 Å². The first-order valence-electron chi connectivity index (χ1n) is 9.10. The topological polar surface area (TPSA) is 88.3 Å². The van der Waals surface area contributed by atoms with Gasteiger partial charge in [-0.25, -0.2) is 4.79 Å². The summed E-state index contributed by atoms with van der Waals surface area (Å²) < 4.78 is 41.4. The predicted molar refractivity (Wildman–Crippen MR) is 106 cm³/mol. The third-order valence-electron chi connectivity index (χ3n) is 4.93. The summed E-state index contributed by atoms with van der Waals surface area (Å²) in [5, 5.41) is 13.0. The van der Waals surface area contributed by atoms with Crippen molar-refractivity contribution >= 4 is 40.3 Å². The number of rotatable bonds is 3. The van der Waals surface area contributed by atoms with Crippen molar-refractivity contribution in [3.63, 3.8) is 0 Å². The van der Waals surface area contributed by atoms with E-state index in [1.165, 1.54) is 30.5 Å². The first-order valence-corrected chi connectivity index (χ1v) is 9.47. The molecule has 31 heavy (non-hydrogen) atoms. The number of benzene rings is 1. The molecule has 2 aromatic heterocycles. The second kappa shape index (κ2) is 7.69. The Kier molecular flexibility index (Phi) is 5.18. The van der Waals surface area contributed by atoms with Crippen LogP contribution in [0.15, 0.2) is 48.2 Å². The van der Waals surface area contributed by atoms with E-state index < -0.39 is 29.2 Å². The number of hydrogen-bond donors (Lipinski definition) is 1. The van der Waals surface area contributed by atoms with Crippen molar-refractivity contribution in [1.82, 2.24) is 14.8 Å². The quantitative estimate of drug-likeness (QED) is 0.648. The minimum Gasteiger partial charge on any atom is -0.478 e. The lowest BCUT2D eigenvalue weighted by atomic mass is 10.1. The van der Waals surface area contributed by atoms with Crippen LogP contribution < -0.4 is 4.90 Å². The van der Waals surface area contributed by atoms with Gasteiger partial charge in [0.25, 0.3) is 5.91 Å². The van der Waals surface area contributed by atoms with Crippen molar-refractivity contribution < 1.29 is 27.9 Å². The fraction of sp³-hybridized carbons (Fsp3) is 0.200. The molecule has 3 heterocycles. The normalized spacial score (nSPS) is 14.6. The van der Waals surface area contributed by atoms with Gasteiger partial charge in [-0.05, 0) is 30.7 Å². The zero-order chi connectivity index (χ0) is 22.3. The highest BCUT2D eigenvalue weighted by atomic mass is 35.5. The monoisotopic (exact) mass is 450 g/mol. The average molecular weight is 451 g/mol. The number of anilines is 1. The van der Waals surface area contributed by atoms with Gasteiger partial charge < -0.3 is 10.0 Å². The molecule has 0 saturated heterocycles. The zero-order valence-electron chi connectivity index (χ0n) is 15.7. The first-order chi connectivity index (χ1) is 14.7. The Bertz CT molecular complexity index is 1240. The lowest BCUT2D eigenvalue weighted by molar-refractivity contribution is -0.138. The van der Waals surface area contributed by atoms with Gasteiger partial charge in [0.2, 0.25) is 0 Å². The molecule has 11 heteroatoms. The largest absolute Gasteiger partial charge is 0.478 e. The Labute approximate surface area is 178 Å². The van der Waals surface area contributed by atoms with Crippen LogP contribution in [0.5, 0.6) is 0 Å². The van der Waals surface area contributed by atoms with E-state index in [9.17, 15) is 22.8 Å². The molecular weight excluding hydrogens is 437 g/mol. The van der Waals surface area contributed by atoms with Crippen molar-refractivity contribution in [3.8, 4) is 0 Å². The zero-order valence-corrected chi connectivity index (χ0v) is 16.5. The second-order valence-electron chi connectivity index (χ2n) is 6.80. The van der Waals surface area contributed by atoms with Crippen LogP contribution in [0.1, 0.15) is 22.3 Å². The lowest BCUT2D eigenvalue weighted by Crippen LogP contribution is -2.31. The number of carboxylic acid groups (broad SMARTS) is 1. The number of hydrogen-bond acceptors (Lipinski definition) is 5. The summed E-state index contributed by atoms with van der Waals surface area (Å²) in [5.74, 6) is -1.78. The minimum atomic E-state index is -4.79. The van der Waals surface area contributed by atoms with Gasteiger partial charge in [-0.3, -0.25) is 9.78 Å². The number of carbonyl (C=O) groups is 2. The van der Waals surface area contributed by atoms with Gasteiger partial charge in [-0.1, -0.05) is 23.7 Å². The molecule has 0 amide bonds. The number of pyridine rings is 1. The molecule has 7 nitrogen and oxygen atoms in total. The van der Waals surface area contributed by atoms with Crippen LogP contribution in [-0.2, 0) is 11.0 Å². The van der Waals surface area contributed by atoms with E-state index in [4.69, 9.17) is 16.7 Å². The molecule has 1 N–H and O–H groups in total. The summed E-state index contributed by atoms with van der Waals surface area (Å²) in [6.45, 7) is 0.507. The van der Waals surface area contributed by atoms with E-state index in [1.807, 2.05) is 0 Å². The molecule has 1 aliphatic rings. The lowest BCUT2D eigenvalue weighted by Gasteiger charge is -2.25. The molecule has 1 aliphatic heterocycles.